The van der Waals surface area contributed by atoms with Gasteiger partial charge in [0, 0.05) is 17.8 Å². The first-order valence-corrected chi connectivity index (χ1v) is 5.38. The average molecular weight is 264 g/mol. The highest BCUT2D eigenvalue weighted by atomic mass is 79.9. The maximum Gasteiger partial charge on any atom is 0.110 e. The van der Waals surface area contributed by atoms with Gasteiger partial charge in [0.25, 0.3) is 0 Å². The topological polar surface area (TPSA) is 38.9 Å². The fourth-order valence-corrected chi connectivity index (χ4v) is 1.84. The van der Waals surface area contributed by atoms with Crippen LogP contribution in [0.3, 0.4) is 0 Å². The summed E-state index contributed by atoms with van der Waals surface area (Å²) in [6, 6.07) is 1.88. The molecule has 0 aliphatic carbocycles. The molecule has 0 aromatic carbocycles. The number of halogens is 2. The van der Waals surface area contributed by atoms with Gasteiger partial charge in [-0.05, 0) is 28.4 Å². The Morgan fingerprint density at radius 3 is 3.00 bits per heavy atom. The summed E-state index contributed by atoms with van der Waals surface area (Å²) in [6.07, 6.45) is 3.61. The van der Waals surface area contributed by atoms with Gasteiger partial charge in [0.1, 0.15) is 4.60 Å². The van der Waals surface area contributed by atoms with Gasteiger partial charge in [0.2, 0.25) is 0 Å². The fourth-order valence-electron chi connectivity index (χ4n) is 1.16. The lowest BCUT2D eigenvalue weighted by Gasteiger charge is -2.11. The van der Waals surface area contributed by atoms with Crippen molar-refractivity contribution in [3.63, 3.8) is 0 Å². The van der Waals surface area contributed by atoms with E-state index < -0.39 is 0 Å². The standard InChI is InChI=1S/C9H12BrClN2/c1-2-3-8(12)7-4-6(11)5-13-9(7)10/h4-5,8H,2-3,12H2,1H3/t8-/m0/s1. The minimum absolute atomic E-state index is 0.0191. The zero-order valence-electron chi connectivity index (χ0n) is 7.43. The SMILES string of the molecule is CCC[C@H](N)c1cc(Cl)cnc1Br. The molecule has 2 N–H and O–H groups in total. The Balaban J connectivity index is 2.91. The summed E-state index contributed by atoms with van der Waals surface area (Å²) in [5, 5.41) is 0.629. The van der Waals surface area contributed by atoms with Gasteiger partial charge in [-0.15, -0.1) is 0 Å². The molecule has 1 heterocycles. The van der Waals surface area contributed by atoms with E-state index in [1.165, 1.54) is 0 Å². The lowest BCUT2D eigenvalue weighted by molar-refractivity contribution is 0.633. The van der Waals surface area contributed by atoms with Gasteiger partial charge in [-0.3, -0.25) is 0 Å². The predicted molar refractivity (Wildman–Crippen MR) is 58.8 cm³/mol. The van der Waals surface area contributed by atoms with E-state index in [1.54, 1.807) is 6.20 Å². The molecule has 1 aromatic heterocycles. The Labute approximate surface area is 91.6 Å². The highest BCUT2D eigenvalue weighted by Gasteiger charge is 2.10. The van der Waals surface area contributed by atoms with E-state index in [0.717, 1.165) is 23.0 Å². The monoisotopic (exact) mass is 262 g/mol. The molecule has 1 aromatic rings. The van der Waals surface area contributed by atoms with Crippen LogP contribution in [0.4, 0.5) is 0 Å². The van der Waals surface area contributed by atoms with Gasteiger partial charge in [0.15, 0.2) is 0 Å². The van der Waals surface area contributed by atoms with Crippen molar-refractivity contribution in [1.82, 2.24) is 4.98 Å². The summed E-state index contributed by atoms with van der Waals surface area (Å²) in [6.45, 7) is 2.10. The van der Waals surface area contributed by atoms with Crippen LogP contribution in [0.1, 0.15) is 31.4 Å². The molecule has 0 fully saturated rings. The molecule has 0 aliphatic heterocycles. The van der Waals surface area contributed by atoms with Gasteiger partial charge < -0.3 is 5.73 Å². The van der Waals surface area contributed by atoms with E-state index in [0.29, 0.717) is 5.02 Å². The predicted octanol–water partition coefficient (Wildman–Crippen LogP) is 3.30. The number of pyridine rings is 1. The third kappa shape index (κ3) is 2.93. The highest BCUT2D eigenvalue weighted by Crippen LogP contribution is 2.25. The maximum atomic E-state index is 5.95. The largest absolute Gasteiger partial charge is 0.324 e. The molecule has 4 heteroatoms. The first-order chi connectivity index (χ1) is 6.15. The zero-order valence-corrected chi connectivity index (χ0v) is 9.77. The van der Waals surface area contributed by atoms with E-state index in [-0.39, 0.29) is 6.04 Å². The Morgan fingerprint density at radius 2 is 2.38 bits per heavy atom. The quantitative estimate of drug-likeness (QED) is 0.850. The molecule has 1 atom stereocenters. The first-order valence-electron chi connectivity index (χ1n) is 4.21. The van der Waals surface area contributed by atoms with Crippen LogP contribution in [-0.4, -0.2) is 4.98 Å². The molecule has 2 nitrogen and oxygen atoms in total. The molecule has 1 rings (SSSR count). The second kappa shape index (κ2) is 4.94. The van der Waals surface area contributed by atoms with Gasteiger partial charge in [-0.1, -0.05) is 24.9 Å². The molecule has 0 amide bonds. The summed E-state index contributed by atoms with van der Waals surface area (Å²) < 4.78 is 0.790. The van der Waals surface area contributed by atoms with Crippen LogP contribution in [0.15, 0.2) is 16.9 Å². The minimum atomic E-state index is 0.0191. The molecule has 72 valence electrons. The fraction of sp³-hybridized carbons (Fsp3) is 0.444. The summed E-state index contributed by atoms with van der Waals surface area (Å²) in [5.41, 5.74) is 6.93. The molecule has 0 spiro atoms. The third-order valence-corrected chi connectivity index (χ3v) is 2.70. The van der Waals surface area contributed by atoms with Crippen LogP contribution in [0, 0.1) is 0 Å². The van der Waals surface area contributed by atoms with E-state index in [1.807, 2.05) is 6.07 Å². The zero-order chi connectivity index (χ0) is 9.84. The van der Waals surface area contributed by atoms with Crippen LogP contribution in [-0.2, 0) is 0 Å². The number of nitrogens with zero attached hydrogens (tertiary/aromatic N) is 1. The van der Waals surface area contributed by atoms with Gasteiger partial charge >= 0.3 is 0 Å². The summed E-state index contributed by atoms with van der Waals surface area (Å²) in [5.74, 6) is 0. The maximum absolute atomic E-state index is 5.95. The molecule has 0 aliphatic rings. The summed E-state index contributed by atoms with van der Waals surface area (Å²) in [4.78, 5) is 4.09. The smallest absolute Gasteiger partial charge is 0.110 e. The molecule has 0 bridgehead atoms. The Kier molecular flexibility index (Phi) is 4.16. The van der Waals surface area contributed by atoms with Gasteiger partial charge in [0.05, 0.1) is 5.02 Å². The minimum Gasteiger partial charge on any atom is -0.324 e. The number of hydrogen-bond donors (Lipinski definition) is 1. The Morgan fingerprint density at radius 1 is 1.69 bits per heavy atom. The normalized spacial score (nSPS) is 12.9. The first kappa shape index (κ1) is 11.0. The average Bonchev–Trinajstić information content (AvgIpc) is 2.09. The van der Waals surface area contributed by atoms with Crippen molar-refractivity contribution in [2.45, 2.75) is 25.8 Å². The Hall–Kier alpha value is -0.120. The van der Waals surface area contributed by atoms with Crippen LogP contribution >= 0.6 is 27.5 Å². The molecule has 0 radical (unpaired) electrons. The van der Waals surface area contributed by atoms with Crippen molar-refractivity contribution >= 4 is 27.5 Å². The van der Waals surface area contributed by atoms with Crippen molar-refractivity contribution in [2.75, 3.05) is 0 Å². The van der Waals surface area contributed by atoms with Crippen LogP contribution < -0.4 is 5.73 Å². The van der Waals surface area contributed by atoms with Gasteiger partial charge in [-0.2, -0.15) is 0 Å². The van der Waals surface area contributed by atoms with E-state index in [4.69, 9.17) is 17.3 Å². The number of nitrogens with two attached hydrogens (primary N) is 1. The van der Waals surface area contributed by atoms with Crippen molar-refractivity contribution in [2.24, 2.45) is 5.73 Å². The van der Waals surface area contributed by atoms with Crippen LogP contribution in [0.25, 0.3) is 0 Å². The molecular formula is C9H12BrClN2. The highest BCUT2D eigenvalue weighted by molar-refractivity contribution is 9.10. The van der Waals surface area contributed by atoms with E-state index in [9.17, 15) is 0 Å². The number of aromatic nitrogens is 1. The molecule has 0 unspecified atom stereocenters. The lowest BCUT2D eigenvalue weighted by atomic mass is 10.1. The van der Waals surface area contributed by atoms with E-state index in [2.05, 4.69) is 27.8 Å². The second-order valence-corrected chi connectivity index (χ2v) is 4.12. The number of rotatable bonds is 3. The lowest BCUT2D eigenvalue weighted by Crippen LogP contribution is -2.10. The van der Waals surface area contributed by atoms with E-state index >= 15 is 0 Å². The van der Waals surface area contributed by atoms with Crippen LogP contribution in [0.2, 0.25) is 5.02 Å². The van der Waals surface area contributed by atoms with Crippen molar-refractivity contribution in [3.8, 4) is 0 Å². The molecule has 0 saturated carbocycles. The van der Waals surface area contributed by atoms with Crippen molar-refractivity contribution in [1.29, 1.82) is 0 Å². The molecule has 0 saturated heterocycles. The number of hydrogen-bond acceptors (Lipinski definition) is 2. The third-order valence-electron chi connectivity index (χ3n) is 1.83. The molecular weight excluding hydrogens is 251 g/mol. The van der Waals surface area contributed by atoms with Gasteiger partial charge in [-0.25, -0.2) is 4.98 Å². The van der Waals surface area contributed by atoms with Crippen molar-refractivity contribution in [3.05, 3.63) is 27.5 Å². The molecule has 13 heavy (non-hydrogen) atoms. The van der Waals surface area contributed by atoms with Crippen molar-refractivity contribution < 1.29 is 0 Å². The van der Waals surface area contributed by atoms with Crippen LogP contribution in [0.5, 0.6) is 0 Å². The Bertz CT molecular complexity index is 291. The summed E-state index contributed by atoms with van der Waals surface area (Å²) >= 11 is 9.17. The summed E-state index contributed by atoms with van der Waals surface area (Å²) in [7, 11) is 0. The second-order valence-electron chi connectivity index (χ2n) is 2.93.